The van der Waals surface area contributed by atoms with Gasteiger partial charge in [-0.25, -0.2) is 4.79 Å². The zero-order valence-corrected chi connectivity index (χ0v) is 20.9. The molecule has 0 radical (unpaired) electrons. The summed E-state index contributed by atoms with van der Waals surface area (Å²) in [4.78, 5) is 26.9. The molecule has 3 atom stereocenters. The molecule has 1 aliphatic heterocycles. The molecule has 6 rings (SSSR count). The standard InChI is InChI=1S/C29H31N3O2S/c1-2-20-9-6-10-23-22(20)12-11-21-17-30-24(26(21)23)13-15-31-28(33)27-25(14-16-35-27)32(29(31)34)18-19-7-4-3-5-8-19/h3-10,14,16,21,24,26,30H,2,11-13,15,17-18H2,1H3. The van der Waals surface area contributed by atoms with Crippen molar-refractivity contribution in [3.63, 3.8) is 0 Å². The molecule has 0 amide bonds. The second kappa shape index (κ2) is 9.25. The second-order valence-corrected chi connectivity index (χ2v) is 10.8. The van der Waals surface area contributed by atoms with Crippen LogP contribution in [-0.4, -0.2) is 21.7 Å². The number of nitrogens with zero attached hydrogens (tertiary/aromatic N) is 2. The summed E-state index contributed by atoms with van der Waals surface area (Å²) in [7, 11) is 0. The Kier molecular flexibility index (Phi) is 5.94. The first-order chi connectivity index (χ1) is 17.2. The smallest absolute Gasteiger partial charge is 0.313 e. The summed E-state index contributed by atoms with van der Waals surface area (Å²) in [6.45, 7) is 4.15. The summed E-state index contributed by atoms with van der Waals surface area (Å²) in [6, 6.07) is 18.9. The summed E-state index contributed by atoms with van der Waals surface area (Å²) in [5.74, 6) is 1.09. The van der Waals surface area contributed by atoms with Crippen LogP contribution in [0, 0.1) is 5.92 Å². The molecule has 1 fully saturated rings. The van der Waals surface area contributed by atoms with Gasteiger partial charge in [-0.05, 0) is 71.8 Å². The van der Waals surface area contributed by atoms with Gasteiger partial charge < -0.3 is 5.32 Å². The van der Waals surface area contributed by atoms with Crippen LogP contribution in [0.15, 0.2) is 69.6 Å². The van der Waals surface area contributed by atoms with Crippen LogP contribution in [0.1, 0.15) is 47.9 Å². The summed E-state index contributed by atoms with van der Waals surface area (Å²) < 4.78 is 3.90. The van der Waals surface area contributed by atoms with Gasteiger partial charge in [0, 0.05) is 18.5 Å². The van der Waals surface area contributed by atoms with Gasteiger partial charge in [0.25, 0.3) is 5.56 Å². The predicted octanol–water partition coefficient (Wildman–Crippen LogP) is 4.54. The lowest BCUT2D eigenvalue weighted by Gasteiger charge is -2.32. The predicted molar refractivity (Wildman–Crippen MR) is 143 cm³/mol. The largest absolute Gasteiger partial charge is 0.331 e. The maximum absolute atomic E-state index is 13.6. The average molecular weight is 486 g/mol. The number of rotatable bonds is 6. The molecule has 1 N–H and O–H groups in total. The summed E-state index contributed by atoms with van der Waals surface area (Å²) in [6.07, 6.45) is 4.21. The zero-order chi connectivity index (χ0) is 23.9. The molecule has 180 valence electrons. The zero-order valence-electron chi connectivity index (χ0n) is 20.1. The lowest BCUT2D eigenvalue weighted by atomic mass is 9.72. The minimum absolute atomic E-state index is 0.156. The maximum atomic E-state index is 13.6. The normalized spacial score (nSPS) is 21.2. The van der Waals surface area contributed by atoms with Gasteiger partial charge in [0.05, 0.1) is 12.1 Å². The fraction of sp³-hybridized carbons (Fsp3) is 0.379. The van der Waals surface area contributed by atoms with Gasteiger partial charge >= 0.3 is 5.69 Å². The number of thiophene rings is 1. The third-order valence-corrected chi connectivity index (χ3v) is 8.97. The molecule has 4 aromatic rings. The number of benzene rings is 2. The van der Waals surface area contributed by atoms with Crippen LogP contribution in [-0.2, 0) is 25.9 Å². The monoisotopic (exact) mass is 485 g/mol. The van der Waals surface area contributed by atoms with E-state index in [1.54, 1.807) is 4.57 Å². The Labute approximate surface area is 209 Å². The first-order valence-corrected chi connectivity index (χ1v) is 13.6. The number of nitrogens with one attached hydrogen (secondary N) is 1. The Hall–Kier alpha value is -2.96. The van der Waals surface area contributed by atoms with Crippen molar-refractivity contribution >= 4 is 21.6 Å². The van der Waals surface area contributed by atoms with E-state index in [0.717, 1.165) is 36.9 Å². The van der Waals surface area contributed by atoms with Crippen LogP contribution < -0.4 is 16.6 Å². The molecule has 1 saturated heterocycles. The summed E-state index contributed by atoms with van der Waals surface area (Å²) in [5, 5.41) is 5.66. The van der Waals surface area contributed by atoms with Crippen molar-refractivity contribution in [3.8, 4) is 0 Å². The first kappa shape index (κ1) is 22.5. The Morgan fingerprint density at radius 2 is 1.89 bits per heavy atom. The molecule has 3 unspecified atom stereocenters. The van der Waals surface area contributed by atoms with Crippen molar-refractivity contribution < 1.29 is 0 Å². The van der Waals surface area contributed by atoms with Crippen molar-refractivity contribution in [2.75, 3.05) is 6.54 Å². The van der Waals surface area contributed by atoms with E-state index in [4.69, 9.17) is 0 Å². The molecule has 3 heterocycles. The van der Waals surface area contributed by atoms with Crippen molar-refractivity contribution in [1.82, 2.24) is 14.5 Å². The lowest BCUT2D eigenvalue weighted by Crippen LogP contribution is -2.41. The highest BCUT2D eigenvalue weighted by atomic mass is 32.1. The van der Waals surface area contributed by atoms with Crippen LogP contribution in [0.3, 0.4) is 0 Å². The van der Waals surface area contributed by atoms with Crippen LogP contribution in [0.4, 0.5) is 0 Å². The number of aromatic nitrogens is 2. The minimum Gasteiger partial charge on any atom is -0.313 e. The fourth-order valence-corrected chi connectivity index (χ4v) is 7.21. The van der Waals surface area contributed by atoms with Gasteiger partial charge in [-0.2, -0.15) is 0 Å². The summed E-state index contributed by atoms with van der Waals surface area (Å²) in [5.41, 5.74) is 5.91. The lowest BCUT2D eigenvalue weighted by molar-refractivity contribution is 0.388. The molecular weight excluding hydrogens is 454 g/mol. The van der Waals surface area contributed by atoms with Crippen LogP contribution in [0.25, 0.3) is 10.2 Å². The average Bonchev–Trinajstić information content (AvgIpc) is 3.54. The van der Waals surface area contributed by atoms with E-state index >= 15 is 0 Å². The van der Waals surface area contributed by atoms with Crippen molar-refractivity contribution in [2.24, 2.45) is 5.92 Å². The van der Waals surface area contributed by atoms with Crippen molar-refractivity contribution in [2.45, 2.75) is 57.7 Å². The van der Waals surface area contributed by atoms with Gasteiger partial charge in [-0.1, -0.05) is 55.5 Å². The van der Waals surface area contributed by atoms with E-state index in [2.05, 4.69) is 30.4 Å². The minimum atomic E-state index is -0.211. The highest BCUT2D eigenvalue weighted by molar-refractivity contribution is 7.17. The molecule has 0 spiro atoms. The maximum Gasteiger partial charge on any atom is 0.331 e. The Bertz CT molecular complexity index is 1480. The van der Waals surface area contributed by atoms with Crippen LogP contribution >= 0.6 is 11.3 Å². The van der Waals surface area contributed by atoms with Crippen LogP contribution in [0.2, 0.25) is 0 Å². The summed E-state index contributed by atoms with van der Waals surface area (Å²) >= 11 is 1.42. The highest BCUT2D eigenvalue weighted by Gasteiger charge is 2.40. The highest BCUT2D eigenvalue weighted by Crippen LogP contribution is 2.43. The van der Waals surface area contributed by atoms with E-state index < -0.39 is 0 Å². The number of fused-ring (bicyclic) bond motifs is 4. The molecule has 0 bridgehead atoms. The molecule has 2 aromatic carbocycles. The van der Waals surface area contributed by atoms with E-state index in [-0.39, 0.29) is 17.3 Å². The van der Waals surface area contributed by atoms with Crippen molar-refractivity contribution in [1.29, 1.82) is 0 Å². The molecular formula is C29H31N3O2S. The van der Waals surface area contributed by atoms with Gasteiger partial charge in [-0.15, -0.1) is 11.3 Å². The van der Waals surface area contributed by atoms with Crippen LogP contribution in [0.5, 0.6) is 0 Å². The van der Waals surface area contributed by atoms with E-state index in [1.165, 1.54) is 39.0 Å². The SMILES string of the molecule is CCc1cccc2c1CCC1CNC(CCn3c(=O)c4sccc4n(Cc4ccccc4)c3=O)C21. The number of hydrogen-bond acceptors (Lipinski definition) is 4. The molecule has 6 heteroatoms. The molecule has 5 nitrogen and oxygen atoms in total. The third-order valence-electron chi connectivity index (χ3n) is 8.08. The van der Waals surface area contributed by atoms with E-state index in [0.29, 0.717) is 29.6 Å². The van der Waals surface area contributed by atoms with Crippen molar-refractivity contribution in [3.05, 3.63) is 103 Å². The number of hydrogen-bond donors (Lipinski definition) is 1. The Morgan fingerprint density at radius 3 is 2.71 bits per heavy atom. The Balaban J connectivity index is 1.32. The molecule has 2 aromatic heterocycles. The van der Waals surface area contributed by atoms with Gasteiger partial charge in [0.1, 0.15) is 4.70 Å². The molecule has 2 aliphatic rings. The topological polar surface area (TPSA) is 56.0 Å². The van der Waals surface area contributed by atoms with Gasteiger partial charge in [0.15, 0.2) is 0 Å². The Morgan fingerprint density at radius 1 is 1.03 bits per heavy atom. The molecule has 35 heavy (non-hydrogen) atoms. The van der Waals surface area contributed by atoms with E-state index in [9.17, 15) is 9.59 Å². The quantitative estimate of drug-likeness (QED) is 0.436. The number of aryl methyl sites for hydroxylation is 1. The van der Waals surface area contributed by atoms with Gasteiger partial charge in [0.2, 0.25) is 0 Å². The van der Waals surface area contributed by atoms with Gasteiger partial charge in [-0.3, -0.25) is 13.9 Å². The first-order valence-electron chi connectivity index (χ1n) is 12.7. The molecule has 0 saturated carbocycles. The fourth-order valence-electron chi connectivity index (χ4n) is 6.37. The second-order valence-electron chi connectivity index (χ2n) is 9.91. The molecule has 1 aliphatic carbocycles. The third kappa shape index (κ3) is 3.89. The van der Waals surface area contributed by atoms with E-state index in [1.807, 2.05) is 41.8 Å².